The fourth-order valence-corrected chi connectivity index (χ4v) is 3.85. The summed E-state index contributed by atoms with van der Waals surface area (Å²) in [6, 6.07) is 11.6. The fraction of sp³-hybridized carbons (Fsp3) is 0.316. The van der Waals surface area contributed by atoms with Gasteiger partial charge in [0.15, 0.2) is 0 Å². The lowest BCUT2D eigenvalue weighted by molar-refractivity contribution is -0.116. The molecule has 1 N–H and O–H groups in total. The predicted octanol–water partition coefficient (Wildman–Crippen LogP) is 4.58. The second-order valence-electron chi connectivity index (χ2n) is 6.04. The minimum Gasteiger partial charge on any atom is -0.494 e. The zero-order chi connectivity index (χ0) is 20.7. The number of anilines is 2. The number of ether oxygens (including phenoxy) is 1. The highest BCUT2D eigenvalue weighted by molar-refractivity contribution is 7.92. The van der Waals surface area contributed by atoms with Crippen LogP contribution in [0.25, 0.3) is 0 Å². The molecule has 0 aliphatic carbocycles. The smallest absolute Gasteiger partial charge is 0.232 e. The van der Waals surface area contributed by atoms with Gasteiger partial charge in [-0.05, 0) is 55.8 Å². The second-order valence-corrected chi connectivity index (χ2v) is 8.79. The number of rotatable bonds is 9. The zero-order valence-electron chi connectivity index (χ0n) is 15.6. The van der Waals surface area contributed by atoms with Gasteiger partial charge < -0.3 is 10.1 Å². The van der Waals surface area contributed by atoms with Gasteiger partial charge in [0.05, 0.1) is 29.3 Å². The standard InChI is InChI=1S/C19H22Cl2N2O4S/c1-3-27-16-9-7-15(8-10-16)23(28(2,25)26)12-4-5-19(24)22-18-13-14(20)6-11-17(18)21/h6-11,13H,3-5,12H2,1-2H3,(H,22,24). The number of carbonyl (C=O) groups excluding carboxylic acids is 1. The molecule has 1 amide bonds. The van der Waals surface area contributed by atoms with E-state index in [-0.39, 0.29) is 18.9 Å². The van der Waals surface area contributed by atoms with E-state index < -0.39 is 10.0 Å². The van der Waals surface area contributed by atoms with E-state index in [1.165, 1.54) is 4.31 Å². The van der Waals surface area contributed by atoms with Gasteiger partial charge >= 0.3 is 0 Å². The van der Waals surface area contributed by atoms with Crippen molar-refractivity contribution in [2.24, 2.45) is 0 Å². The number of nitrogens with one attached hydrogen (secondary N) is 1. The first-order valence-corrected chi connectivity index (χ1v) is 11.3. The lowest BCUT2D eigenvalue weighted by atomic mass is 10.2. The lowest BCUT2D eigenvalue weighted by Gasteiger charge is -2.22. The Bertz CT molecular complexity index is 918. The molecular formula is C19H22Cl2N2O4S. The summed E-state index contributed by atoms with van der Waals surface area (Å²) in [4.78, 5) is 12.2. The molecule has 0 saturated carbocycles. The molecule has 2 aromatic carbocycles. The van der Waals surface area contributed by atoms with Gasteiger partial charge in [0.1, 0.15) is 5.75 Å². The Morgan fingerprint density at radius 3 is 2.43 bits per heavy atom. The Morgan fingerprint density at radius 2 is 1.82 bits per heavy atom. The van der Waals surface area contributed by atoms with Crippen LogP contribution in [0.4, 0.5) is 11.4 Å². The molecule has 0 radical (unpaired) electrons. The summed E-state index contributed by atoms with van der Waals surface area (Å²) in [5.41, 5.74) is 0.940. The quantitative estimate of drug-likeness (QED) is 0.613. The first-order valence-electron chi connectivity index (χ1n) is 8.66. The van der Waals surface area contributed by atoms with Crippen molar-refractivity contribution in [1.82, 2.24) is 0 Å². The topological polar surface area (TPSA) is 75.7 Å². The van der Waals surface area contributed by atoms with E-state index in [0.717, 1.165) is 6.26 Å². The second kappa shape index (κ2) is 10.0. The van der Waals surface area contributed by atoms with Crippen molar-refractivity contribution in [3.8, 4) is 5.75 Å². The van der Waals surface area contributed by atoms with Crippen molar-refractivity contribution in [1.29, 1.82) is 0 Å². The summed E-state index contributed by atoms with van der Waals surface area (Å²) in [5, 5.41) is 3.52. The number of sulfonamides is 1. The molecule has 0 saturated heterocycles. The molecule has 2 rings (SSSR count). The van der Waals surface area contributed by atoms with Gasteiger partial charge in [-0.3, -0.25) is 9.10 Å². The van der Waals surface area contributed by atoms with Gasteiger partial charge in [-0.15, -0.1) is 0 Å². The van der Waals surface area contributed by atoms with Gasteiger partial charge in [-0.1, -0.05) is 23.2 Å². The highest BCUT2D eigenvalue weighted by Crippen LogP contribution is 2.26. The molecule has 0 atom stereocenters. The minimum absolute atomic E-state index is 0.131. The van der Waals surface area contributed by atoms with E-state index >= 15 is 0 Å². The summed E-state index contributed by atoms with van der Waals surface area (Å²) >= 11 is 11.9. The summed E-state index contributed by atoms with van der Waals surface area (Å²) in [6.07, 6.45) is 1.60. The van der Waals surface area contributed by atoms with Crippen molar-refractivity contribution in [3.05, 3.63) is 52.5 Å². The van der Waals surface area contributed by atoms with Crippen LogP contribution in [0.3, 0.4) is 0 Å². The van der Waals surface area contributed by atoms with Crippen molar-refractivity contribution in [3.63, 3.8) is 0 Å². The lowest BCUT2D eigenvalue weighted by Crippen LogP contribution is -2.31. The molecule has 0 aromatic heterocycles. The predicted molar refractivity (Wildman–Crippen MR) is 114 cm³/mol. The number of amides is 1. The number of nitrogens with zero attached hydrogens (tertiary/aromatic N) is 1. The number of hydrogen-bond acceptors (Lipinski definition) is 4. The average Bonchev–Trinajstić information content (AvgIpc) is 2.62. The van der Waals surface area contributed by atoms with E-state index in [0.29, 0.717) is 40.2 Å². The molecule has 0 unspecified atom stereocenters. The monoisotopic (exact) mass is 444 g/mol. The van der Waals surface area contributed by atoms with Crippen molar-refractivity contribution < 1.29 is 17.9 Å². The molecule has 0 aliphatic rings. The molecule has 6 nitrogen and oxygen atoms in total. The van der Waals surface area contributed by atoms with Gasteiger partial charge in [0.2, 0.25) is 15.9 Å². The van der Waals surface area contributed by atoms with Crippen LogP contribution in [0.5, 0.6) is 5.75 Å². The first-order chi connectivity index (χ1) is 13.2. The Hall–Kier alpha value is -1.96. The maximum absolute atomic E-state index is 12.2. The third-order valence-corrected chi connectivity index (χ3v) is 5.56. The highest BCUT2D eigenvalue weighted by atomic mass is 35.5. The van der Waals surface area contributed by atoms with Gasteiger partial charge in [0, 0.05) is 18.0 Å². The summed E-state index contributed by atoms with van der Waals surface area (Å²) < 4.78 is 30.9. The molecule has 9 heteroatoms. The Kier molecular flexibility index (Phi) is 7.98. The average molecular weight is 445 g/mol. The molecule has 28 heavy (non-hydrogen) atoms. The maximum Gasteiger partial charge on any atom is 0.232 e. The van der Waals surface area contributed by atoms with E-state index in [9.17, 15) is 13.2 Å². The third-order valence-electron chi connectivity index (χ3n) is 3.80. The van der Waals surface area contributed by atoms with Crippen LogP contribution in [0, 0.1) is 0 Å². The molecule has 0 heterocycles. The van der Waals surface area contributed by atoms with Crippen LogP contribution >= 0.6 is 23.2 Å². The van der Waals surface area contributed by atoms with Crippen LogP contribution < -0.4 is 14.4 Å². The molecule has 0 aliphatic heterocycles. The van der Waals surface area contributed by atoms with E-state index in [1.807, 2.05) is 6.92 Å². The zero-order valence-corrected chi connectivity index (χ0v) is 17.9. The molecule has 0 fully saturated rings. The maximum atomic E-state index is 12.2. The van der Waals surface area contributed by atoms with Crippen LogP contribution in [0.15, 0.2) is 42.5 Å². The van der Waals surface area contributed by atoms with Crippen LogP contribution in [0.1, 0.15) is 19.8 Å². The molecular weight excluding hydrogens is 423 g/mol. The van der Waals surface area contributed by atoms with Gasteiger partial charge in [-0.2, -0.15) is 0 Å². The van der Waals surface area contributed by atoms with E-state index in [2.05, 4.69) is 5.32 Å². The summed E-state index contributed by atoms with van der Waals surface area (Å²) in [6.45, 7) is 2.57. The van der Waals surface area contributed by atoms with Crippen molar-refractivity contribution in [2.75, 3.05) is 29.0 Å². The Labute approximate surface area is 175 Å². The normalized spacial score (nSPS) is 11.1. The van der Waals surface area contributed by atoms with E-state index in [4.69, 9.17) is 27.9 Å². The molecule has 0 spiro atoms. The van der Waals surface area contributed by atoms with Gasteiger partial charge in [-0.25, -0.2) is 8.42 Å². The molecule has 0 bridgehead atoms. The molecule has 152 valence electrons. The Balaban J connectivity index is 1.98. The highest BCUT2D eigenvalue weighted by Gasteiger charge is 2.18. The SMILES string of the molecule is CCOc1ccc(N(CCCC(=O)Nc2cc(Cl)ccc2Cl)S(C)(=O)=O)cc1. The van der Waals surface area contributed by atoms with Crippen LogP contribution in [-0.2, 0) is 14.8 Å². The minimum atomic E-state index is -3.49. The summed E-state index contributed by atoms with van der Waals surface area (Å²) in [5.74, 6) is 0.391. The summed E-state index contributed by atoms with van der Waals surface area (Å²) in [7, 11) is -3.49. The van der Waals surface area contributed by atoms with Crippen molar-refractivity contribution in [2.45, 2.75) is 19.8 Å². The van der Waals surface area contributed by atoms with Crippen molar-refractivity contribution >= 4 is 50.5 Å². The third kappa shape index (κ3) is 6.58. The van der Waals surface area contributed by atoms with E-state index in [1.54, 1.807) is 42.5 Å². The van der Waals surface area contributed by atoms with Crippen LogP contribution in [0.2, 0.25) is 10.0 Å². The molecule has 2 aromatic rings. The number of halogens is 2. The number of hydrogen-bond donors (Lipinski definition) is 1. The Morgan fingerprint density at radius 1 is 1.14 bits per heavy atom. The number of benzene rings is 2. The fourth-order valence-electron chi connectivity index (χ4n) is 2.55. The largest absolute Gasteiger partial charge is 0.494 e. The van der Waals surface area contributed by atoms with Crippen LogP contribution in [-0.4, -0.2) is 33.7 Å². The first kappa shape index (κ1) is 22.3. The van der Waals surface area contributed by atoms with Gasteiger partial charge in [0.25, 0.3) is 0 Å². The number of carbonyl (C=O) groups is 1.